The van der Waals surface area contributed by atoms with Gasteiger partial charge < -0.3 is 5.32 Å². The molecule has 166 valence electrons. The van der Waals surface area contributed by atoms with Crippen molar-refractivity contribution < 1.29 is 13.2 Å². The Hall–Kier alpha value is -2.91. The molecule has 0 radical (unpaired) electrons. The highest BCUT2D eigenvalue weighted by Gasteiger charge is 2.27. The van der Waals surface area contributed by atoms with Crippen molar-refractivity contribution in [3.63, 3.8) is 0 Å². The van der Waals surface area contributed by atoms with Crippen LogP contribution in [-0.4, -0.2) is 20.9 Å². The minimum Gasteiger partial charge on any atom is -0.324 e. The highest BCUT2D eigenvalue weighted by atomic mass is 127. The molecule has 4 aromatic rings. The van der Waals surface area contributed by atoms with E-state index in [0.29, 0.717) is 11.4 Å². The van der Waals surface area contributed by atoms with Gasteiger partial charge >= 0.3 is 0 Å². The van der Waals surface area contributed by atoms with Gasteiger partial charge in [0.05, 0.1) is 10.6 Å². The van der Waals surface area contributed by atoms with E-state index in [9.17, 15) is 13.2 Å². The van der Waals surface area contributed by atoms with E-state index in [1.54, 1.807) is 30.3 Å². The van der Waals surface area contributed by atoms with Crippen molar-refractivity contribution in [2.45, 2.75) is 17.7 Å². The number of rotatable bonds is 6. The second kappa shape index (κ2) is 8.79. The molecule has 0 spiro atoms. The molecule has 0 atom stereocenters. The monoisotopic (exact) mass is 568 g/mol. The summed E-state index contributed by atoms with van der Waals surface area (Å²) in [5.74, 6) is -0.397. The summed E-state index contributed by atoms with van der Waals surface area (Å²) in [4.78, 5) is 13.3. The number of hydrogen-bond acceptors (Lipinski definition) is 3. The number of anilines is 2. The van der Waals surface area contributed by atoms with Gasteiger partial charge in [0.15, 0.2) is 0 Å². The van der Waals surface area contributed by atoms with Crippen molar-refractivity contribution in [1.82, 2.24) is 0 Å². The molecule has 0 saturated carbocycles. The second-order valence-electron chi connectivity index (χ2n) is 7.96. The maximum absolute atomic E-state index is 13.5. The summed E-state index contributed by atoms with van der Waals surface area (Å²) in [5.41, 5.74) is 3.70. The largest absolute Gasteiger partial charge is 0.324 e. The van der Waals surface area contributed by atoms with Crippen LogP contribution in [0.5, 0.6) is 0 Å². The van der Waals surface area contributed by atoms with Crippen LogP contribution in [0.25, 0.3) is 10.8 Å². The quantitative estimate of drug-likeness (QED) is 0.318. The van der Waals surface area contributed by atoms with Crippen LogP contribution in [0.3, 0.4) is 0 Å². The summed E-state index contributed by atoms with van der Waals surface area (Å²) in [6.07, 6.45) is 2.00. The predicted octanol–water partition coefficient (Wildman–Crippen LogP) is 5.38. The average molecular weight is 568 g/mol. The Bertz CT molecular complexity index is 1440. The van der Waals surface area contributed by atoms with Gasteiger partial charge in [-0.05, 0) is 94.4 Å². The van der Waals surface area contributed by atoms with Gasteiger partial charge in [0.25, 0.3) is 10.0 Å². The predicted molar refractivity (Wildman–Crippen MR) is 140 cm³/mol. The van der Waals surface area contributed by atoms with Crippen LogP contribution >= 0.6 is 22.6 Å². The summed E-state index contributed by atoms with van der Waals surface area (Å²) >= 11 is 2.16. The van der Waals surface area contributed by atoms with Crippen molar-refractivity contribution >= 4 is 60.7 Å². The molecule has 1 N–H and O–H groups in total. The molecular weight excluding hydrogens is 547 g/mol. The number of benzene rings is 4. The molecule has 5 nitrogen and oxygen atoms in total. The third-order valence-electron chi connectivity index (χ3n) is 5.88. The van der Waals surface area contributed by atoms with E-state index in [1.165, 1.54) is 28.6 Å². The van der Waals surface area contributed by atoms with Crippen molar-refractivity contribution in [2.75, 3.05) is 16.2 Å². The van der Waals surface area contributed by atoms with Crippen molar-refractivity contribution in [3.05, 3.63) is 99.6 Å². The third-order valence-corrected chi connectivity index (χ3v) is 8.39. The fraction of sp³-hybridized carbons (Fsp3) is 0.115. The van der Waals surface area contributed by atoms with E-state index < -0.39 is 15.9 Å². The lowest BCUT2D eigenvalue weighted by Crippen LogP contribution is -2.38. The minimum absolute atomic E-state index is 0.140. The second-order valence-corrected chi connectivity index (χ2v) is 11.1. The van der Waals surface area contributed by atoms with Gasteiger partial charge in [-0.3, -0.25) is 9.10 Å². The number of carbonyl (C=O) groups excluding carboxylic acids is 1. The zero-order valence-electron chi connectivity index (χ0n) is 17.7. The van der Waals surface area contributed by atoms with Crippen LogP contribution in [0.2, 0.25) is 0 Å². The zero-order chi connectivity index (χ0) is 23.0. The molecule has 1 aliphatic carbocycles. The van der Waals surface area contributed by atoms with Gasteiger partial charge in [0.1, 0.15) is 6.54 Å². The molecule has 0 aliphatic heterocycles. The standard InChI is InChI=1S/C26H21IN2O3S/c27-20-12-14-21(15-13-20)29(33(31,32)22-6-2-1-3-7-22)17-25(30)28-24-16-11-19-10-9-18-5-4-8-23(24)26(18)19/h1-8,11-16H,9-10,17H2,(H,28,30). The van der Waals surface area contributed by atoms with E-state index in [1.807, 2.05) is 36.4 Å². The van der Waals surface area contributed by atoms with Crippen LogP contribution < -0.4 is 9.62 Å². The van der Waals surface area contributed by atoms with Gasteiger partial charge in [0.2, 0.25) is 5.91 Å². The van der Waals surface area contributed by atoms with Crippen molar-refractivity contribution in [1.29, 1.82) is 0 Å². The molecule has 0 unspecified atom stereocenters. The molecular formula is C26H21IN2O3S. The molecule has 1 amide bonds. The number of halogens is 1. The Morgan fingerprint density at radius 2 is 1.55 bits per heavy atom. The molecule has 5 rings (SSSR count). The number of sulfonamides is 1. The van der Waals surface area contributed by atoms with Crippen molar-refractivity contribution in [2.24, 2.45) is 0 Å². The summed E-state index contributed by atoms with van der Waals surface area (Å²) in [5, 5.41) is 5.14. The lowest BCUT2D eigenvalue weighted by Gasteiger charge is -2.24. The molecule has 4 aromatic carbocycles. The summed E-state index contributed by atoms with van der Waals surface area (Å²) in [7, 11) is -3.93. The highest BCUT2D eigenvalue weighted by Crippen LogP contribution is 2.35. The van der Waals surface area contributed by atoms with Crippen LogP contribution in [0.4, 0.5) is 11.4 Å². The Labute approximate surface area is 206 Å². The summed E-state index contributed by atoms with van der Waals surface area (Å²) in [6.45, 7) is -0.333. The molecule has 0 aromatic heterocycles. The Morgan fingerprint density at radius 3 is 2.27 bits per heavy atom. The molecule has 7 heteroatoms. The van der Waals surface area contributed by atoms with Crippen LogP contribution in [0, 0.1) is 3.57 Å². The number of nitrogens with one attached hydrogen (secondary N) is 1. The fourth-order valence-electron chi connectivity index (χ4n) is 4.32. The number of hydrogen-bond donors (Lipinski definition) is 1. The minimum atomic E-state index is -3.93. The van der Waals surface area contributed by atoms with Gasteiger partial charge in [-0.1, -0.05) is 42.5 Å². The molecule has 0 fully saturated rings. The Morgan fingerprint density at radius 1 is 0.848 bits per heavy atom. The SMILES string of the molecule is O=C(CN(c1ccc(I)cc1)S(=O)(=O)c1ccccc1)Nc1ccc2c3c(cccc13)CC2. The van der Waals surface area contributed by atoms with Gasteiger partial charge in [0, 0.05) is 14.6 Å². The molecule has 0 bridgehead atoms. The summed E-state index contributed by atoms with van der Waals surface area (Å²) < 4.78 is 29.1. The Kier molecular flexibility index (Phi) is 5.84. The first kappa shape index (κ1) is 21.9. The summed E-state index contributed by atoms with van der Waals surface area (Å²) in [6, 6.07) is 25.3. The first-order valence-corrected chi connectivity index (χ1v) is 13.1. The topological polar surface area (TPSA) is 66.5 Å². The third kappa shape index (κ3) is 4.22. The zero-order valence-corrected chi connectivity index (χ0v) is 20.6. The maximum atomic E-state index is 13.5. The molecule has 0 saturated heterocycles. The molecule has 1 aliphatic rings. The molecule has 0 heterocycles. The Balaban J connectivity index is 1.48. The van der Waals surface area contributed by atoms with E-state index in [2.05, 4.69) is 34.0 Å². The molecule has 33 heavy (non-hydrogen) atoms. The van der Waals surface area contributed by atoms with E-state index >= 15 is 0 Å². The lowest BCUT2D eigenvalue weighted by molar-refractivity contribution is -0.114. The number of carbonyl (C=O) groups is 1. The van der Waals surface area contributed by atoms with Gasteiger partial charge in [-0.2, -0.15) is 0 Å². The van der Waals surface area contributed by atoms with E-state index in [-0.39, 0.29) is 11.4 Å². The normalized spacial score (nSPS) is 12.6. The van der Waals surface area contributed by atoms with Crippen molar-refractivity contribution in [3.8, 4) is 0 Å². The van der Waals surface area contributed by atoms with Gasteiger partial charge in [-0.25, -0.2) is 8.42 Å². The number of nitrogens with zero attached hydrogens (tertiary/aromatic N) is 1. The first-order chi connectivity index (χ1) is 15.9. The lowest BCUT2D eigenvalue weighted by atomic mass is 10.0. The van der Waals surface area contributed by atoms with Crippen LogP contribution in [-0.2, 0) is 27.7 Å². The van der Waals surface area contributed by atoms with Crippen LogP contribution in [0.15, 0.2) is 89.8 Å². The highest BCUT2D eigenvalue weighted by molar-refractivity contribution is 14.1. The number of aryl methyl sites for hydroxylation is 2. The van der Waals surface area contributed by atoms with E-state index in [0.717, 1.165) is 26.1 Å². The van der Waals surface area contributed by atoms with Crippen LogP contribution in [0.1, 0.15) is 11.1 Å². The van der Waals surface area contributed by atoms with Gasteiger partial charge in [-0.15, -0.1) is 0 Å². The van der Waals surface area contributed by atoms with E-state index in [4.69, 9.17) is 0 Å². The smallest absolute Gasteiger partial charge is 0.264 e. The number of amides is 1. The maximum Gasteiger partial charge on any atom is 0.264 e. The first-order valence-electron chi connectivity index (χ1n) is 10.6. The average Bonchev–Trinajstić information content (AvgIpc) is 3.25. The fourth-order valence-corrected chi connectivity index (χ4v) is 6.12.